The highest BCUT2D eigenvalue weighted by atomic mass is 16.5. The molecule has 0 saturated carbocycles. The number of carboxylic acids is 1. The number of ether oxygens (including phenoxy) is 1. The van der Waals surface area contributed by atoms with E-state index in [-0.39, 0.29) is 36.6 Å². The molecule has 12 heteroatoms. The van der Waals surface area contributed by atoms with Crippen molar-refractivity contribution in [3.8, 4) is 0 Å². The number of aromatic nitrogens is 4. The Labute approximate surface area is 168 Å². The average Bonchev–Trinajstić information content (AvgIpc) is 3.09. The van der Waals surface area contributed by atoms with Crippen LogP contribution >= 0.6 is 0 Å². The van der Waals surface area contributed by atoms with Crippen molar-refractivity contribution >= 4 is 35.0 Å². The number of benzene rings is 1. The van der Waals surface area contributed by atoms with Gasteiger partial charge in [-0.05, 0) is 5.56 Å². The second-order valence-corrected chi connectivity index (χ2v) is 6.14. The van der Waals surface area contributed by atoms with Crippen molar-refractivity contribution in [2.75, 3.05) is 11.9 Å². The highest BCUT2D eigenvalue weighted by molar-refractivity contribution is 5.97. The first-order chi connectivity index (χ1) is 14.4. The number of aliphatic carboxylic acids is 1. The Bertz CT molecular complexity index is 1120. The summed E-state index contributed by atoms with van der Waals surface area (Å²) >= 11 is 0. The molecule has 30 heavy (non-hydrogen) atoms. The fourth-order valence-electron chi connectivity index (χ4n) is 2.57. The molecule has 0 aliphatic heterocycles. The maximum absolute atomic E-state index is 12.1. The van der Waals surface area contributed by atoms with Crippen LogP contribution in [0.15, 0.2) is 41.5 Å². The van der Waals surface area contributed by atoms with Crippen LogP contribution in [-0.4, -0.2) is 49.1 Å². The molecule has 0 atom stereocenters. The van der Waals surface area contributed by atoms with Crippen molar-refractivity contribution in [2.45, 2.75) is 19.6 Å². The highest BCUT2D eigenvalue weighted by Gasteiger charge is 2.15. The Kier molecular flexibility index (Phi) is 6.37. The number of nitrogens with one attached hydrogen (secondary N) is 3. The van der Waals surface area contributed by atoms with Crippen molar-refractivity contribution in [1.82, 2.24) is 24.8 Å². The van der Waals surface area contributed by atoms with Crippen LogP contribution in [0.5, 0.6) is 0 Å². The quantitative estimate of drug-likeness (QED) is 0.412. The van der Waals surface area contributed by atoms with Crippen molar-refractivity contribution in [2.24, 2.45) is 0 Å². The summed E-state index contributed by atoms with van der Waals surface area (Å²) in [4.78, 5) is 56.5. The van der Waals surface area contributed by atoms with E-state index in [1.807, 2.05) is 30.3 Å². The summed E-state index contributed by atoms with van der Waals surface area (Å²) in [5, 5.41) is 13.8. The van der Waals surface area contributed by atoms with Crippen LogP contribution in [0.25, 0.3) is 11.2 Å². The maximum Gasteiger partial charge on any atom is 0.407 e. The van der Waals surface area contributed by atoms with Gasteiger partial charge in [-0.15, -0.1) is 0 Å². The molecule has 0 spiro atoms. The van der Waals surface area contributed by atoms with Crippen LogP contribution in [0.4, 0.5) is 10.6 Å². The normalized spacial score (nSPS) is 10.5. The SMILES string of the molecule is O=C(O)Cn1cnc2c(NC(=O)CCNC(=O)OCc3ccccc3)[nH]c(=O)nc21. The molecule has 12 nitrogen and oxygen atoms in total. The van der Waals surface area contributed by atoms with Crippen LogP contribution in [0, 0.1) is 0 Å². The minimum Gasteiger partial charge on any atom is -0.480 e. The maximum atomic E-state index is 12.1. The predicted octanol–water partition coefficient (Wildman–Crippen LogP) is 0.459. The molecule has 2 aromatic heterocycles. The number of nitrogens with zero attached hydrogens (tertiary/aromatic N) is 3. The summed E-state index contributed by atoms with van der Waals surface area (Å²) in [5.74, 6) is -1.65. The zero-order valence-corrected chi connectivity index (χ0v) is 15.6. The van der Waals surface area contributed by atoms with Gasteiger partial charge in [-0.1, -0.05) is 30.3 Å². The van der Waals surface area contributed by atoms with Gasteiger partial charge in [-0.25, -0.2) is 14.6 Å². The number of rotatable bonds is 8. The topological polar surface area (TPSA) is 168 Å². The van der Waals surface area contributed by atoms with Gasteiger partial charge in [-0.2, -0.15) is 4.98 Å². The number of hydrogen-bond donors (Lipinski definition) is 4. The van der Waals surface area contributed by atoms with Crippen molar-refractivity contribution in [3.05, 3.63) is 52.7 Å². The summed E-state index contributed by atoms with van der Waals surface area (Å²) in [5.41, 5.74) is 0.226. The summed E-state index contributed by atoms with van der Waals surface area (Å²) < 4.78 is 6.21. The molecule has 0 fully saturated rings. The predicted molar refractivity (Wildman–Crippen MR) is 104 cm³/mol. The second-order valence-electron chi connectivity index (χ2n) is 6.14. The molecule has 0 radical (unpaired) electrons. The van der Waals surface area contributed by atoms with Gasteiger partial charge in [0.2, 0.25) is 5.91 Å². The third-order valence-corrected chi connectivity index (χ3v) is 3.89. The number of hydrogen-bond acceptors (Lipinski definition) is 7. The first-order valence-electron chi connectivity index (χ1n) is 8.83. The highest BCUT2D eigenvalue weighted by Crippen LogP contribution is 2.16. The average molecular weight is 414 g/mol. The summed E-state index contributed by atoms with van der Waals surface area (Å²) in [6.45, 7) is -0.325. The monoisotopic (exact) mass is 414 g/mol. The molecule has 3 rings (SSSR count). The molecule has 156 valence electrons. The lowest BCUT2D eigenvalue weighted by atomic mass is 10.2. The molecule has 0 aliphatic rings. The summed E-state index contributed by atoms with van der Waals surface area (Å²) in [6.07, 6.45) is 0.444. The molecule has 2 amide bonds. The van der Waals surface area contributed by atoms with Gasteiger partial charge < -0.3 is 25.0 Å². The number of H-pyrrole nitrogens is 1. The minimum absolute atomic E-state index is 0.00533. The lowest BCUT2D eigenvalue weighted by Gasteiger charge is -2.08. The zero-order chi connectivity index (χ0) is 21.5. The fourth-order valence-corrected chi connectivity index (χ4v) is 2.57. The summed E-state index contributed by atoms with van der Waals surface area (Å²) in [7, 11) is 0. The van der Waals surface area contributed by atoms with Crippen molar-refractivity contribution in [1.29, 1.82) is 0 Å². The Hall–Kier alpha value is -4.22. The molecule has 0 unspecified atom stereocenters. The van der Waals surface area contributed by atoms with E-state index in [9.17, 15) is 19.2 Å². The number of fused-ring (bicyclic) bond motifs is 1. The zero-order valence-electron chi connectivity index (χ0n) is 15.6. The van der Waals surface area contributed by atoms with Crippen molar-refractivity contribution in [3.63, 3.8) is 0 Å². The van der Waals surface area contributed by atoms with Crippen LogP contribution in [0.2, 0.25) is 0 Å². The van der Waals surface area contributed by atoms with E-state index >= 15 is 0 Å². The first kappa shape index (κ1) is 20.5. The Morgan fingerprint density at radius 1 is 1.20 bits per heavy atom. The number of imidazole rings is 1. The molecule has 0 saturated heterocycles. The van der Waals surface area contributed by atoms with Gasteiger partial charge >= 0.3 is 17.8 Å². The van der Waals surface area contributed by atoms with Gasteiger partial charge in [0.05, 0.1) is 6.33 Å². The van der Waals surface area contributed by atoms with Crippen molar-refractivity contribution < 1.29 is 24.2 Å². The van der Waals surface area contributed by atoms with E-state index in [0.29, 0.717) is 0 Å². The third kappa shape index (κ3) is 5.41. The molecular weight excluding hydrogens is 396 g/mol. The molecule has 2 heterocycles. The molecular formula is C18H18N6O6. The van der Waals surface area contributed by atoms with Gasteiger partial charge in [0, 0.05) is 13.0 Å². The Morgan fingerprint density at radius 3 is 2.70 bits per heavy atom. The molecule has 4 N–H and O–H groups in total. The van der Waals surface area contributed by atoms with Crippen LogP contribution in [0.1, 0.15) is 12.0 Å². The fraction of sp³-hybridized carbons (Fsp3) is 0.222. The smallest absolute Gasteiger partial charge is 0.407 e. The number of aromatic amines is 1. The van der Waals surface area contributed by atoms with Gasteiger partial charge in [-0.3, -0.25) is 14.6 Å². The lowest BCUT2D eigenvalue weighted by molar-refractivity contribution is -0.137. The number of amides is 2. The number of carbonyl (C=O) groups excluding carboxylic acids is 2. The number of carbonyl (C=O) groups is 3. The van der Waals surface area contributed by atoms with Crippen LogP contribution in [-0.2, 0) is 27.5 Å². The molecule has 3 aromatic rings. The van der Waals surface area contributed by atoms with Crippen LogP contribution in [0.3, 0.4) is 0 Å². The summed E-state index contributed by atoms with van der Waals surface area (Å²) in [6, 6.07) is 9.13. The molecule has 0 bridgehead atoms. The van der Waals surface area contributed by atoms with E-state index in [2.05, 4.69) is 25.6 Å². The Morgan fingerprint density at radius 2 is 1.97 bits per heavy atom. The van der Waals surface area contributed by atoms with E-state index in [4.69, 9.17) is 9.84 Å². The van der Waals surface area contributed by atoms with Gasteiger partial charge in [0.1, 0.15) is 24.5 Å². The number of carboxylic acid groups (broad SMARTS) is 1. The minimum atomic E-state index is -1.13. The van der Waals surface area contributed by atoms with E-state index in [1.165, 1.54) is 10.9 Å². The lowest BCUT2D eigenvalue weighted by Crippen LogP contribution is -2.28. The Balaban J connectivity index is 1.53. The second kappa shape index (κ2) is 9.32. The van der Waals surface area contributed by atoms with E-state index in [1.54, 1.807) is 0 Å². The number of anilines is 1. The largest absolute Gasteiger partial charge is 0.480 e. The molecule has 0 aliphatic carbocycles. The number of alkyl carbamates (subject to hydrolysis) is 1. The standard InChI is InChI=1S/C18H18N6O6/c25-12(6-7-19-18(29)30-9-11-4-2-1-3-5-11)21-15-14-16(23-17(28)22-15)24(10-20-14)8-13(26)27/h1-5,10H,6-9H2,(H,19,29)(H,26,27)(H2,21,22,23,25,28). The van der Waals surface area contributed by atoms with Gasteiger partial charge in [0.15, 0.2) is 5.65 Å². The third-order valence-electron chi connectivity index (χ3n) is 3.89. The molecule has 1 aromatic carbocycles. The van der Waals surface area contributed by atoms with Crippen LogP contribution < -0.4 is 16.3 Å². The van der Waals surface area contributed by atoms with E-state index in [0.717, 1.165) is 5.56 Å². The van der Waals surface area contributed by atoms with E-state index < -0.39 is 30.2 Å². The van der Waals surface area contributed by atoms with Gasteiger partial charge in [0.25, 0.3) is 0 Å². The first-order valence-corrected chi connectivity index (χ1v) is 8.83.